The lowest BCUT2D eigenvalue weighted by molar-refractivity contribution is 1.12. The molecule has 0 heterocycles. The Hall–Kier alpha value is -3.04. The fourth-order valence-corrected chi connectivity index (χ4v) is 2.42. The summed E-state index contributed by atoms with van der Waals surface area (Å²) >= 11 is 0. The quantitative estimate of drug-likeness (QED) is 0.596. The molecular weight excluding hydrogens is 282 g/mol. The zero-order valence-electron chi connectivity index (χ0n) is 13.7. The minimum absolute atomic E-state index is 0.144. The van der Waals surface area contributed by atoms with Crippen molar-refractivity contribution in [2.24, 2.45) is 0 Å². The largest absolute Gasteiger partial charge is 0.378 e. The average molecular weight is 301 g/mol. The highest BCUT2D eigenvalue weighted by Gasteiger charge is 2.09. The molecular formula is C20H19N3. The predicted molar refractivity (Wildman–Crippen MR) is 95.5 cm³/mol. The van der Waals surface area contributed by atoms with Crippen molar-refractivity contribution in [3.63, 3.8) is 0 Å². The maximum Gasteiger partial charge on any atom is 0.268 e. The second kappa shape index (κ2) is 7.29. The van der Waals surface area contributed by atoms with Gasteiger partial charge in [-0.15, -0.1) is 0 Å². The maximum absolute atomic E-state index is 9.03. The molecule has 0 saturated carbocycles. The third kappa shape index (κ3) is 4.22. The van der Waals surface area contributed by atoms with E-state index < -0.39 is 0 Å². The maximum atomic E-state index is 9.03. The van der Waals surface area contributed by atoms with Crippen LogP contribution in [0.5, 0.6) is 0 Å². The molecule has 0 bridgehead atoms. The molecule has 3 nitrogen and oxygen atoms in total. The average Bonchev–Trinajstić information content (AvgIpc) is 2.54. The van der Waals surface area contributed by atoms with Gasteiger partial charge in [0.15, 0.2) is 0 Å². The summed E-state index contributed by atoms with van der Waals surface area (Å²) in [7, 11) is 4.04. The number of anilines is 1. The standard InChI is InChI=1S/C20H19N3/c1-15-11-17(13-18(12-15)20(14-21)22-2)6-5-16-7-9-19(10-8-16)23(3)4/h5-10,12-13H,11H2,1,3-4H3. The molecule has 0 N–H and O–H groups in total. The van der Waals surface area contributed by atoms with Crippen LogP contribution in [0.25, 0.3) is 10.9 Å². The Morgan fingerprint density at radius 3 is 2.48 bits per heavy atom. The van der Waals surface area contributed by atoms with Gasteiger partial charge in [0.1, 0.15) is 0 Å². The fraction of sp³-hybridized carbons (Fsp3) is 0.200. The van der Waals surface area contributed by atoms with Crippen molar-refractivity contribution in [3.05, 3.63) is 81.9 Å². The Bertz CT molecular complexity index is 773. The second-order valence-corrected chi connectivity index (χ2v) is 5.73. The first-order chi connectivity index (χ1) is 11.0. The lowest BCUT2D eigenvalue weighted by Gasteiger charge is -2.13. The highest BCUT2D eigenvalue weighted by molar-refractivity contribution is 5.60. The van der Waals surface area contributed by atoms with Crippen molar-refractivity contribution >= 4 is 11.8 Å². The van der Waals surface area contributed by atoms with Crippen LogP contribution in [0, 0.1) is 17.9 Å². The van der Waals surface area contributed by atoms with Crippen molar-refractivity contribution in [3.8, 4) is 6.07 Å². The molecule has 3 heteroatoms. The van der Waals surface area contributed by atoms with Crippen LogP contribution in [-0.2, 0) is 0 Å². The summed E-state index contributed by atoms with van der Waals surface area (Å²) in [5, 5.41) is 9.03. The van der Waals surface area contributed by atoms with E-state index in [0.717, 1.165) is 23.1 Å². The van der Waals surface area contributed by atoms with Gasteiger partial charge < -0.3 is 4.90 Å². The van der Waals surface area contributed by atoms with E-state index in [1.165, 1.54) is 5.69 Å². The molecule has 1 aromatic carbocycles. The van der Waals surface area contributed by atoms with Crippen molar-refractivity contribution in [1.29, 1.82) is 5.26 Å². The summed E-state index contributed by atoms with van der Waals surface area (Å²) in [5.41, 5.74) is 5.40. The Balaban J connectivity index is 2.24. The van der Waals surface area contributed by atoms with E-state index in [9.17, 15) is 0 Å². The molecule has 0 saturated heterocycles. The van der Waals surface area contributed by atoms with Gasteiger partial charge in [0.25, 0.3) is 5.70 Å². The molecule has 1 aliphatic carbocycles. The minimum atomic E-state index is 0.144. The Morgan fingerprint density at radius 2 is 1.91 bits per heavy atom. The first-order valence-corrected chi connectivity index (χ1v) is 7.38. The van der Waals surface area contributed by atoms with E-state index in [1.807, 2.05) is 39.2 Å². The first-order valence-electron chi connectivity index (χ1n) is 7.38. The van der Waals surface area contributed by atoms with E-state index >= 15 is 0 Å². The number of benzene rings is 1. The monoisotopic (exact) mass is 301 g/mol. The van der Waals surface area contributed by atoms with E-state index in [-0.39, 0.29) is 5.70 Å². The van der Waals surface area contributed by atoms with Crippen LogP contribution in [-0.4, -0.2) is 14.1 Å². The highest BCUT2D eigenvalue weighted by Crippen LogP contribution is 2.25. The lowest BCUT2D eigenvalue weighted by Crippen LogP contribution is -2.07. The topological polar surface area (TPSA) is 31.4 Å². The third-order valence-corrected chi connectivity index (χ3v) is 3.62. The molecule has 114 valence electrons. The molecule has 0 spiro atoms. The molecule has 23 heavy (non-hydrogen) atoms. The molecule has 2 rings (SSSR count). The van der Waals surface area contributed by atoms with Crippen molar-refractivity contribution < 1.29 is 0 Å². The smallest absolute Gasteiger partial charge is 0.268 e. The van der Waals surface area contributed by atoms with Gasteiger partial charge in [-0.05, 0) is 42.2 Å². The number of rotatable bonds is 3. The van der Waals surface area contributed by atoms with Gasteiger partial charge in [0.05, 0.1) is 12.6 Å². The molecule has 0 fully saturated rings. The van der Waals surface area contributed by atoms with Crippen LogP contribution < -0.4 is 4.90 Å². The Labute approximate surface area is 138 Å². The normalized spacial score (nSPS) is 16.2. The highest BCUT2D eigenvalue weighted by atomic mass is 15.1. The van der Waals surface area contributed by atoms with E-state index in [4.69, 9.17) is 11.8 Å². The van der Waals surface area contributed by atoms with Gasteiger partial charge in [-0.3, -0.25) is 0 Å². The van der Waals surface area contributed by atoms with E-state index in [1.54, 1.807) is 0 Å². The molecule has 1 aliphatic rings. The number of nitrogens with zero attached hydrogens (tertiary/aromatic N) is 3. The first kappa shape index (κ1) is 16.3. The van der Waals surface area contributed by atoms with Crippen molar-refractivity contribution in [2.45, 2.75) is 13.3 Å². The van der Waals surface area contributed by atoms with Crippen molar-refractivity contribution in [2.75, 3.05) is 19.0 Å². The Kier molecular flexibility index (Phi) is 5.18. The third-order valence-electron chi connectivity index (χ3n) is 3.62. The predicted octanol–water partition coefficient (Wildman–Crippen LogP) is 4.74. The van der Waals surface area contributed by atoms with Crippen LogP contribution in [0.3, 0.4) is 0 Å². The summed E-state index contributed by atoms with van der Waals surface area (Å²) in [6, 6.07) is 10.3. The fourth-order valence-electron chi connectivity index (χ4n) is 2.42. The zero-order valence-corrected chi connectivity index (χ0v) is 13.7. The molecule has 0 aromatic heterocycles. The summed E-state index contributed by atoms with van der Waals surface area (Å²) < 4.78 is 0. The second-order valence-electron chi connectivity index (χ2n) is 5.73. The molecule has 0 unspecified atom stereocenters. The van der Waals surface area contributed by atoms with Gasteiger partial charge >= 0.3 is 0 Å². The number of hydrogen-bond donors (Lipinski definition) is 0. The summed E-state index contributed by atoms with van der Waals surface area (Å²) in [4.78, 5) is 5.36. The Morgan fingerprint density at radius 1 is 1.22 bits per heavy atom. The number of hydrogen-bond acceptors (Lipinski definition) is 2. The van der Waals surface area contributed by atoms with Crippen LogP contribution in [0.1, 0.15) is 18.9 Å². The summed E-state index contributed by atoms with van der Waals surface area (Å²) in [5.74, 6) is 0. The molecule has 0 radical (unpaired) electrons. The molecule has 1 aromatic rings. The van der Waals surface area contributed by atoms with Crippen LogP contribution in [0.4, 0.5) is 5.69 Å². The summed E-state index contributed by atoms with van der Waals surface area (Å²) in [6.07, 6.45) is 8.80. The molecule has 0 aliphatic heterocycles. The van der Waals surface area contributed by atoms with Gasteiger partial charge in [-0.1, -0.05) is 42.0 Å². The van der Waals surface area contributed by atoms with Crippen LogP contribution in [0.15, 0.2) is 64.9 Å². The lowest BCUT2D eigenvalue weighted by atomic mass is 9.94. The zero-order chi connectivity index (χ0) is 16.8. The van der Waals surface area contributed by atoms with E-state index in [0.29, 0.717) is 5.57 Å². The van der Waals surface area contributed by atoms with Crippen LogP contribution >= 0.6 is 0 Å². The van der Waals surface area contributed by atoms with E-state index in [2.05, 4.69) is 46.2 Å². The number of allylic oxidation sites excluding steroid dienone is 7. The molecule has 0 atom stereocenters. The van der Waals surface area contributed by atoms with Crippen molar-refractivity contribution in [1.82, 2.24) is 0 Å². The van der Waals surface area contributed by atoms with Crippen LogP contribution in [0.2, 0.25) is 0 Å². The number of nitriles is 1. The van der Waals surface area contributed by atoms with Gasteiger partial charge in [-0.2, -0.15) is 0 Å². The summed E-state index contributed by atoms with van der Waals surface area (Å²) in [6.45, 7) is 9.10. The minimum Gasteiger partial charge on any atom is -0.378 e. The van der Waals surface area contributed by atoms with Gasteiger partial charge in [0, 0.05) is 19.8 Å². The SMILES string of the molecule is [C-]#[N+]C(C#N)=C1C=C(C)CC(C=Cc2ccc(N(C)C)cc2)=C1. The van der Waals surface area contributed by atoms with Gasteiger partial charge in [0.2, 0.25) is 0 Å². The van der Waals surface area contributed by atoms with Gasteiger partial charge in [-0.25, -0.2) is 10.1 Å². The molecule has 0 amide bonds.